The lowest BCUT2D eigenvalue weighted by Crippen LogP contribution is -1.92. The maximum atomic E-state index is 9.88. The molecule has 0 saturated heterocycles. The van der Waals surface area contributed by atoms with E-state index in [1.54, 1.807) is 25.1 Å². The van der Waals surface area contributed by atoms with Gasteiger partial charge in [0.05, 0.1) is 0 Å². The summed E-state index contributed by atoms with van der Waals surface area (Å²) in [5.41, 5.74) is 5.14. The third kappa shape index (κ3) is 3.32. The molecule has 0 radical (unpaired) electrons. The van der Waals surface area contributed by atoms with Gasteiger partial charge in [-0.05, 0) is 4.92 Å². The number of aromatic nitrogens is 6. The lowest BCUT2D eigenvalue weighted by Gasteiger charge is -1.81. The Kier molecular flexibility index (Phi) is 3.48. The molecule has 0 unspecified atom stereocenters. The number of aryl methyl sites for hydroxylation is 2. The predicted molar refractivity (Wildman–Crippen MR) is 53.1 cm³/mol. The van der Waals surface area contributed by atoms with Gasteiger partial charge in [0.25, 0.3) is 0 Å². The molecule has 0 bridgehead atoms. The van der Waals surface area contributed by atoms with Crippen molar-refractivity contribution < 1.29 is 4.92 Å². The van der Waals surface area contributed by atoms with Gasteiger partial charge in [-0.3, -0.25) is 4.68 Å². The number of nitrogen functional groups attached to an aromatic ring is 1. The Hall–Kier alpha value is -2.52. The molecule has 0 aromatic carbocycles. The normalized spacial score (nSPS) is 9.38. The molecule has 2 heterocycles. The van der Waals surface area contributed by atoms with Gasteiger partial charge in [0.15, 0.2) is 0 Å². The zero-order valence-corrected chi connectivity index (χ0v) is 8.68. The average molecular weight is 226 g/mol. The van der Waals surface area contributed by atoms with Gasteiger partial charge in [0.2, 0.25) is 12.3 Å². The summed E-state index contributed by atoms with van der Waals surface area (Å²) in [4.78, 5) is 16.3. The van der Waals surface area contributed by atoms with Crippen LogP contribution in [0.1, 0.15) is 0 Å². The molecule has 0 aliphatic rings. The van der Waals surface area contributed by atoms with Crippen molar-refractivity contribution in [1.82, 2.24) is 29.5 Å². The van der Waals surface area contributed by atoms with E-state index in [1.807, 2.05) is 0 Å². The second-order valence-electron chi connectivity index (χ2n) is 2.75. The van der Waals surface area contributed by atoms with Crippen LogP contribution in [-0.2, 0) is 14.1 Å². The number of nitro groups is 1. The third-order valence-electron chi connectivity index (χ3n) is 1.37. The van der Waals surface area contributed by atoms with Crippen molar-refractivity contribution in [3.8, 4) is 0 Å². The van der Waals surface area contributed by atoms with E-state index in [9.17, 15) is 10.1 Å². The van der Waals surface area contributed by atoms with E-state index in [0.717, 1.165) is 0 Å². The fraction of sp³-hybridized carbons (Fsp3) is 0.333. The molecule has 0 saturated carbocycles. The summed E-state index contributed by atoms with van der Waals surface area (Å²) in [7, 11) is 3.34. The predicted octanol–water partition coefficient (Wildman–Crippen LogP) is -0.879. The minimum Gasteiger partial charge on any atom is -0.390 e. The Labute approximate surface area is 89.9 Å². The smallest absolute Gasteiger partial charge is 0.390 e. The Bertz CT molecular complexity index is 458. The minimum absolute atomic E-state index is 0.322. The lowest BCUT2D eigenvalue weighted by molar-refractivity contribution is -0.394. The van der Waals surface area contributed by atoms with E-state index in [4.69, 9.17) is 5.73 Å². The maximum absolute atomic E-state index is 9.88. The first-order valence-corrected chi connectivity index (χ1v) is 4.10. The van der Waals surface area contributed by atoms with Crippen LogP contribution in [0.15, 0.2) is 12.7 Å². The highest BCUT2D eigenvalue weighted by atomic mass is 16.6. The Morgan fingerprint density at radius 2 is 1.81 bits per heavy atom. The molecule has 86 valence electrons. The monoisotopic (exact) mass is 226 g/mol. The van der Waals surface area contributed by atoms with Gasteiger partial charge in [0.1, 0.15) is 6.33 Å². The summed E-state index contributed by atoms with van der Waals surface area (Å²) in [5, 5.41) is 17.0. The van der Waals surface area contributed by atoms with Crippen molar-refractivity contribution in [3.05, 3.63) is 22.8 Å². The van der Waals surface area contributed by atoms with Crippen LogP contribution in [-0.4, -0.2) is 34.5 Å². The highest BCUT2D eigenvalue weighted by Gasteiger charge is 2.09. The topological polar surface area (TPSA) is 131 Å². The Balaban J connectivity index is 0.000000165. The summed E-state index contributed by atoms with van der Waals surface area (Å²) >= 11 is 0. The van der Waals surface area contributed by atoms with Crippen molar-refractivity contribution >= 4 is 11.9 Å². The van der Waals surface area contributed by atoms with Crippen molar-refractivity contribution in [1.29, 1.82) is 0 Å². The Morgan fingerprint density at radius 1 is 1.25 bits per heavy atom. The van der Waals surface area contributed by atoms with Crippen LogP contribution in [0.5, 0.6) is 0 Å². The van der Waals surface area contributed by atoms with E-state index in [0.29, 0.717) is 5.95 Å². The van der Waals surface area contributed by atoms with E-state index in [1.165, 1.54) is 11.0 Å². The van der Waals surface area contributed by atoms with Crippen molar-refractivity contribution in [3.63, 3.8) is 0 Å². The van der Waals surface area contributed by atoms with E-state index in [-0.39, 0.29) is 5.95 Å². The fourth-order valence-electron chi connectivity index (χ4n) is 0.768. The molecular formula is C6H10N8O2. The minimum atomic E-state index is -0.639. The van der Waals surface area contributed by atoms with Crippen LogP contribution >= 0.6 is 0 Å². The van der Waals surface area contributed by atoms with Crippen LogP contribution in [0.3, 0.4) is 0 Å². The molecule has 2 aromatic rings. The quantitative estimate of drug-likeness (QED) is 0.493. The summed E-state index contributed by atoms with van der Waals surface area (Å²) in [6, 6.07) is 0. The Morgan fingerprint density at radius 3 is 2.00 bits per heavy atom. The van der Waals surface area contributed by atoms with Gasteiger partial charge in [-0.15, -0.1) is 5.10 Å². The molecule has 0 aliphatic carbocycles. The van der Waals surface area contributed by atoms with E-state index in [2.05, 4.69) is 20.2 Å². The molecule has 0 atom stereocenters. The first kappa shape index (κ1) is 11.6. The van der Waals surface area contributed by atoms with Crippen LogP contribution in [0.25, 0.3) is 0 Å². The summed E-state index contributed by atoms with van der Waals surface area (Å²) in [5.74, 6) is -0.0417. The standard InChI is InChI=1S/C3H4N4O2.C3H6N4/c1-6-2-4-3(5-6)7(8)9;1-7-2-5-3(4)6-7/h2H,1H3;2H,1H3,(H2,4,6). The molecule has 10 nitrogen and oxygen atoms in total. The molecule has 2 N–H and O–H groups in total. The number of nitrogens with two attached hydrogens (primary N) is 1. The highest BCUT2D eigenvalue weighted by molar-refractivity contribution is 5.08. The molecule has 10 heteroatoms. The largest absolute Gasteiger partial charge is 0.490 e. The molecule has 0 aliphatic heterocycles. The lowest BCUT2D eigenvalue weighted by atomic mass is 11.1. The first-order valence-electron chi connectivity index (χ1n) is 4.10. The number of anilines is 1. The van der Waals surface area contributed by atoms with Crippen molar-refractivity contribution in [2.24, 2.45) is 14.1 Å². The molecule has 16 heavy (non-hydrogen) atoms. The zero-order valence-electron chi connectivity index (χ0n) is 8.68. The van der Waals surface area contributed by atoms with Crippen molar-refractivity contribution in [2.75, 3.05) is 5.73 Å². The van der Waals surface area contributed by atoms with Crippen molar-refractivity contribution in [2.45, 2.75) is 0 Å². The average Bonchev–Trinajstić information content (AvgIpc) is 2.76. The molecule has 0 fully saturated rings. The summed E-state index contributed by atoms with van der Waals surface area (Å²) in [6.07, 6.45) is 2.83. The fourth-order valence-corrected chi connectivity index (χ4v) is 0.768. The molecule has 0 spiro atoms. The van der Waals surface area contributed by atoms with Gasteiger partial charge in [-0.25, -0.2) is 4.98 Å². The van der Waals surface area contributed by atoms with Gasteiger partial charge < -0.3 is 15.8 Å². The van der Waals surface area contributed by atoms with Crippen LogP contribution < -0.4 is 5.73 Å². The third-order valence-corrected chi connectivity index (χ3v) is 1.37. The number of nitrogens with zero attached hydrogens (tertiary/aromatic N) is 7. The summed E-state index contributed by atoms with van der Waals surface area (Å²) < 4.78 is 2.83. The van der Waals surface area contributed by atoms with Crippen LogP contribution in [0.4, 0.5) is 11.9 Å². The summed E-state index contributed by atoms with van der Waals surface area (Å²) in [6.45, 7) is 0. The van der Waals surface area contributed by atoms with Gasteiger partial charge in [0, 0.05) is 19.2 Å². The number of hydrogen-bond donors (Lipinski definition) is 1. The van der Waals surface area contributed by atoms with Gasteiger partial charge in [-0.1, -0.05) is 4.98 Å². The molecular weight excluding hydrogens is 216 g/mol. The highest BCUT2D eigenvalue weighted by Crippen LogP contribution is 1.96. The van der Waals surface area contributed by atoms with Crippen LogP contribution in [0, 0.1) is 10.1 Å². The maximum Gasteiger partial charge on any atom is 0.490 e. The molecule has 2 aromatic heterocycles. The molecule has 0 amide bonds. The first-order chi connectivity index (χ1) is 7.49. The SMILES string of the molecule is Cn1cnc(N)n1.Cn1cnc([N+](=O)[O-])n1. The van der Waals surface area contributed by atoms with Gasteiger partial charge in [-0.2, -0.15) is 4.68 Å². The van der Waals surface area contributed by atoms with Gasteiger partial charge >= 0.3 is 5.95 Å². The van der Waals surface area contributed by atoms with E-state index >= 15 is 0 Å². The second-order valence-corrected chi connectivity index (χ2v) is 2.75. The van der Waals surface area contributed by atoms with Crippen LogP contribution in [0.2, 0.25) is 0 Å². The second kappa shape index (κ2) is 4.82. The molecule has 2 rings (SSSR count). The number of rotatable bonds is 1. The van der Waals surface area contributed by atoms with E-state index < -0.39 is 4.92 Å². The number of hydrogen-bond acceptors (Lipinski definition) is 7. The zero-order chi connectivity index (χ0) is 12.1.